The van der Waals surface area contributed by atoms with Gasteiger partial charge in [0, 0.05) is 19.4 Å². The maximum atomic E-state index is 12.4. The Labute approximate surface area is 130 Å². The molecule has 0 aromatic heterocycles. The zero-order valence-electron chi connectivity index (χ0n) is 13.1. The first-order valence-electron chi connectivity index (χ1n) is 7.62. The molecular weight excluding hydrogens is 282 g/mol. The van der Waals surface area contributed by atoms with Gasteiger partial charge in [0.2, 0.25) is 5.91 Å². The number of rotatable bonds is 4. The molecule has 2 rings (SSSR count). The minimum absolute atomic E-state index is 0.0668. The molecular formula is C17H23NO4. The molecule has 1 aromatic carbocycles. The van der Waals surface area contributed by atoms with E-state index in [1.54, 1.807) is 4.90 Å². The molecule has 0 saturated carbocycles. The summed E-state index contributed by atoms with van der Waals surface area (Å²) in [6.07, 6.45) is 1.20. The van der Waals surface area contributed by atoms with Gasteiger partial charge in [-0.05, 0) is 25.3 Å². The minimum Gasteiger partial charge on any atom is -0.467 e. The zero-order chi connectivity index (χ0) is 16.1. The number of nitrogens with zero attached hydrogens (tertiary/aromatic N) is 1. The SMILES string of the molecule is COC(=O)[C@@H]1C[C@H](O)CCN1C(=O)CCc1ccc(C)cc1. The second-order valence-electron chi connectivity index (χ2n) is 5.79. The third-order valence-electron chi connectivity index (χ3n) is 4.12. The largest absolute Gasteiger partial charge is 0.467 e. The molecule has 0 aliphatic carbocycles. The standard InChI is InChI=1S/C17H23NO4/c1-12-3-5-13(6-4-12)7-8-16(20)18-10-9-14(19)11-15(18)17(21)22-2/h3-6,14-15,19H,7-11H2,1-2H3/t14-,15+/m1/s1. The number of esters is 1. The molecule has 0 spiro atoms. The molecule has 1 N–H and O–H groups in total. The van der Waals surface area contributed by atoms with Crippen molar-refractivity contribution in [2.45, 2.75) is 44.8 Å². The van der Waals surface area contributed by atoms with Crippen molar-refractivity contribution in [3.8, 4) is 0 Å². The molecule has 1 heterocycles. The maximum absolute atomic E-state index is 12.4. The molecule has 2 atom stereocenters. The highest BCUT2D eigenvalue weighted by Crippen LogP contribution is 2.20. The molecule has 120 valence electrons. The number of likely N-dealkylation sites (tertiary alicyclic amines) is 1. The molecule has 1 aromatic rings. The van der Waals surface area contributed by atoms with E-state index in [9.17, 15) is 14.7 Å². The second kappa shape index (κ2) is 7.40. The first-order valence-corrected chi connectivity index (χ1v) is 7.62. The summed E-state index contributed by atoms with van der Waals surface area (Å²) in [7, 11) is 1.30. The first kappa shape index (κ1) is 16.5. The number of amides is 1. The molecule has 1 aliphatic rings. The van der Waals surface area contributed by atoms with Gasteiger partial charge < -0.3 is 14.7 Å². The molecule has 5 heteroatoms. The summed E-state index contributed by atoms with van der Waals surface area (Å²) in [5.74, 6) is -0.523. The van der Waals surface area contributed by atoms with Crippen molar-refractivity contribution < 1.29 is 19.4 Å². The fraction of sp³-hybridized carbons (Fsp3) is 0.529. The van der Waals surface area contributed by atoms with Crippen LogP contribution in [0.15, 0.2) is 24.3 Å². The molecule has 5 nitrogen and oxygen atoms in total. The number of aliphatic hydroxyl groups excluding tert-OH is 1. The van der Waals surface area contributed by atoms with Crippen molar-refractivity contribution in [3.63, 3.8) is 0 Å². The number of hydrogen-bond acceptors (Lipinski definition) is 4. The van der Waals surface area contributed by atoms with E-state index in [4.69, 9.17) is 4.74 Å². The van der Waals surface area contributed by atoms with Gasteiger partial charge in [-0.15, -0.1) is 0 Å². The smallest absolute Gasteiger partial charge is 0.328 e. The van der Waals surface area contributed by atoms with E-state index in [0.29, 0.717) is 25.8 Å². The van der Waals surface area contributed by atoms with E-state index >= 15 is 0 Å². The van der Waals surface area contributed by atoms with Crippen LogP contribution in [-0.4, -0.2) is 47.7 Å². The molecule has 1 amide bonds. The molecule has 1 fully saturated rings. The van der Waals surface area contributed by atoms with Crippen LogP contribution in [0.4, 0.5) is 0 Å². The molecule has 1 aliphatic heterocycles. The Balaban J connectivity index is 1.97. The lowest BCUT2D eigenvalue weighted by molar-refractivity contribution is -0.157. The van der Waals surface area contributed by atoms with Crippen LogP contribution >= 0.6 is 0 Å². The number of benzene rings is 1. The number of piperidine rings is 1. The van der Waals surface area contributed by atoms with Crippen molar-refractivity contribution in [2.24, 2.45) is 0 Å². The Morgan fingerprint density at radius 2 is 2.00 bits per heavy atom. The lowest BCUT2D eigenvalue weighted by atomic mass is 9.98. The van der Waals surface area contributed by atoms with Crippen molar-refractivity contribution >= 4 is 11.9 Å². The van der Waals surface area contributed by atoms with E-state index in [2.05, 4.69) is 0 Å². The Kier molecular flexibility index (Phi) is 5.55. The van der Waals surface area contributed by atoms with Gasteiger partial charge in [0.15, 0.2) is 0 Å². The van der Waals surface area contributed by atoms with E-state index in [1.165, 1.54) is 12.7 Å². The maximum Gasteiger partial charge on any atom is 0.328 e. The number of hydrogen-bond donors (Lipinski definition) is 1. The van der Waals surface area contributed by atoms with Gasteiger partial charge in [-0.3, -0.25) is 4.79 Å². The molecule has 1 saturated heterocycles. The summed E-state index contributed by atoms with van der Waals surface area (Å²) < 4.78 is 4.75. The van der Waals surface area contributed by atoms with Crippen LogP contribution in [0, 0.1) is 6.92 Å². The van der Waals surface area contributed by atoms with Crippen LogP contribution in [0.5, 0.6) is 0 Å². The Morgan fingerprint density at radius 1 is 1.32 bits per heavy atom. The van der Waals surface area contributed by atoms with Gasteiger partial charge >= 0.3 is 5.97 Å². The van der Waals surface area contributed by atoms with E-state index < -0.39 is 18.1 Å². The van der Waals surface area contributed by atoms with Crippen LogP contribution in [0.3, 0.4) is 0 Å². The van der Waals surface area contributed by atoms with E-state index in [1.807, 2.05) is 31.2 Å². The number of aryl methyl sites for hydroxylation is 2. The lowest BCUT2D eigenvalue weighted by Gasteiger charge is -2.36. The highest BCUT2D eigenvalue weighted by atomic mass is 16.5. The molecule has 0 radical (unpaired) electrons. The zero-order valence-corrected chi connectivity index (χ0v) is 13.1. The highest BCUT2D eigenvalue weighted by molar-refractivity contribution is 5.85. The van der Waals surface area contributed by atoms with Gasteiger partial charge in [0.1, 0.15) is 6.04 Å². The number of ether oxygens (including phenoxy) is 1. The summed E-state index contributed by atoms with van der Waals surface area (Å²) >= 11 is 0. The van der Waals surface area contributed by atoms with Gasteiger partial charge in [-0.1, -0.05) is 29.8 Å². The molecule has 0 unspecified atom stereocenters. The van der Waals surface area contributed by atoms with Crippen LogP contribution in [0.25, 0.3) is 0 Å². The summed E-state index contributed by atoms with van der Waals surface area (Å²) in [6, 6.07) is 7.41. The summed E-state index contributed by atoms with van der Waals surface area (Å²) in [6.45, 7) is 2.42. The Hall–Kier alpha value is -1.88. The predicted molar refractivity (Wildman–Crippen MR) is 82.3 cm³/mol. The third-order valence-corrected chi connectivity index (χ3v) is 4.12. The quantitative estimate of drug-likeness (QED) is 0.855. The molecule has 0 bridgehead atoms. The van der Waals surface area contributed by atoms with E-state index in [-0.39, 0.29) is 12.3 Å². The van der Waals surface area contributed by atoms with Crippen LogP contribution < -0.4 is 0 Å². The fourth-order valence-corrected chi connectivity index (χ4v) is 2.75. The summed E-state index contributed by atoms with van der Waals surface area (Å²) in [4.78, 5) is 25.8. The Morgan fingerprint density at radius 3 is 2.64 bits per heavy atom. The first-order chi connectivity index (χ1) is 10.5. The average Bonchev–Trinajstić information content (AvgIpc) is 2.53. The Bertz CT molecular complexity index is 526. The van der Waals surface area contributed by atoms with Gasteiger partial charge in [0.25, 0.3) is 0 Å². The predicted octanol–water partition coefficient (Wildman–Crippen LogP) is 1.45. The molecule has 22 heavy (non-hydrogen) atoms. The number of aliphatic hydroxyl groups is 1. The van der Waals surface area contributed by atoms with Crippen molar-refractivity contribution in [1.82, 2.24) is 4.90 Å². The van der Waals surface area contributed by atoms with Crippen LogP contribution in [0.2, 0.25) is 0 Å². The lowest BCUT2D eigenvalue weighted by Crippen LogP contribution is -2.51. The number of carbonyl (C=O) groups is 2. The van der Waals surface area contributed by atoms with E-state index in [0.717, 1.165) is 5.56 Å². The summed E-state index contributed by atoms with van der Waals surface area (Å²) in [5.41, 5.74) is 2.29. The third kappa shape index (κ3) is 4.07. The topological polar surface area (TPSA) is 66.8 Å². The minimum atomic E-state index is -0.667. The highest BCUT2D eigenvalue weighted by Gasteiger charge is 2.35. The van der Waals surface area contributed by atoms with Crippen LogP contribution in [-0.2, 0) is 20.7 Å². The summed E-state index contributed by atoms with van der Waals surface area (Å²) in [5, 5.41) is 9.71. The average molecular weight is 305 g/mol. The van der Waals surface area contributed by atoms with Crippen LogP contribution in [0.1, 0.15) is 30.4 Å². The van der Waals surface area contributed by atoms with Crippen molar-refractivity contribution in [1.29, 1.82) is 0 Å². The van der Waals surface area contributed by atoms with Gasteiger partial charge in [-0.25, -0.2) is 4.79 Å². The normalized spacial score (nSPS) is 21.5. The fourth-order valence-electron chi connectivity index (χ4n) is 2.75. The van der Waals surface area contributed by atoms with Crippen molar-refractivity contribution in [2.75, 3.05) is 13.7 Å². The number of methoxy groups -OCH3 is 1. The van der Waals surface area contributed by atoms with Crippen molar-refractivity contribution in [3.05, 3.63) is 35.4 Å². The van der Waals surface area contributed by atoms with Gasteiger partial charge in [-0.2, -0.15) is 0 Å². The van der Waals surface area contributed by atoms with Gasteiger partial charge in [0.05, 0.1) is 13.2 Å². The second-order valence-corrected chi connectivity index (χ2v) is 5.79. The number of carbonyl (C=O) groups excluding carboxylic acids is 2. The monoisotopic (exact) mass is 305 g/mol.